The summed E-state index contributed by atoms with van der Waals surface area (Å²) in [6.45, 7) is 6.42. The van der Waals surface area contributed by atoms with E-state index in [0.29, 0.717) is 0 Å². The van der Waals surface area contributed by atoms with Gasteiger partial charge in [0.25, 0.3) is 0 Å². The average molecular weight is 186 g/mol. The largest absolute Gasteiger partial charge is 0.352 e. The third-order valence-electron chi connectivity index (χ3n) is 2.36. The fraction of sp³-hybridized carbons (Fsp3) is 0.818. The molecule has 0 radical (unpaired) electrons. The minimum Gasteiger partial charge on any atom is -0.352 e. The van der Waals surface area contributed by atoms with E-state index >= 15 is 0 Å². The van der Waals surface area contributed by atoms with E-state index in [1.165, 1.54) is 24.0 Å². The van der Waals surface area contributed by atoms with Gasteiger partial charge in [0, 0.05) is 14.2 Å². The van der Waals surface area contributed by atoms with E-state index in [9.17, 15) is 0 Å². The molecule has 0 rings (SSSR count). The van der Waals surface area contributed by atoms with Gasteiger partial charge in [-0.1, -0.05) is 18.9 Å². The molecule has 0 aromatic carbocycles. The molecule has 0 aliphatic rings. The van der Waals surface area contributed by atoms with Gasteiger partial charge in [0.15, 0.2) is 6.29 Å². The summed E-state index contributed by atoms with van der Waals surface area (Å²) in [6.07, 6.45) is 3.45. The quantitative estimate of drug-likeness (QED) is 0.468. The summed E-state index contributed by atoms with van der Waals surface area (Å²) in [5.41, 5.74) is 2.59. The lowest BCUT2D eigenvalue weighted by atomic mass is 10.0. The van der Waals surface area contributed by atoms with E-state index in [-0.39, 0.29) is 6.29 Å². The summed E-state index contributed by atoms with van der Waals surface area (Å²) >= 11 is 0. The van der Waals surface area contributed by atoms with Crippen molar-refractivity contribution in [2.24, 2.45) is 0 Å². The molecule has 0 N–H and O–H groups in total. The third kappa shape index (κ3) is 4.44. The predicted octanol–water partition coefficient (Wildman–Crippen LogP) is 3.13. The number of hydrogen-bond donors (Lipinski definition) is 0. The van der Waals surface area contributed by atoms with Crippen molar-refractivity contribution in [3.05, 3.63) is 11.1 Å². The highest BCUT2D eigenvalue weighted by Gasteiger charge is 2.09. The Balaban J connectivity index is 4.21. The zero-order valence-corrected chi connectivity index (χ0v) is 9.52. The van der Waals surface area contributed by atoms with Crippen LogP contribution in [0.15, 0.2) is 11.1 Å². The molecule has 0 aromatic rings. The van der Waals surface area contributed by atoms with Crippen molar-refractivity contribution >= 4 is 0 Å². The Labute approximate surface area is 81.9 Å². The molecular weight excluding hydrogens is 164 g/mol. The van der Waals surface area contributed by atoms with Gasteiger partial charge in [-0.05, 0) is 32.3 Å². The van der Waals surface area contributed by atoms with Crippen LogP contribution in [0.2, 0.25) is 0 Å². The van der Waals surface area contributed by atoms with E-state index < -0.39 is 0 Å². The molecule has 0 heterocycles. The second kappa shape index (κ2) is 7.10. The Morgan fingerprint density at radius 2 is 1.69 bits per heavy atom. The van der Waals surface area contributed by atoms with Gasteiger partial charge in [0.2, 0.25) is 0 Å². The summed E-state index contributed by atoms with van der Waals surface area (Å²) in [5.74, 6) is 0. The zero-order chi connectivity index (χ0) is 10.3. The first-order valence-corrected chi connectivity index (χ1v) is 4.89. The summed E-state index contributed by atoms with van der Waals surface area (Å²) in [7, 11) is 3.34. The summed E-state index contributed by atoms with van der Waals surface area (Å²) in [4.78, 5) is 0. The minimum absolute atomic E-state index is 0.170. The standard InChI is InChI=1S/C11H22O2/c1-6-7-8-9(2)10(3)11(12-4)13-5/h11H,6-8H2,1-5H3. The fourth-order valence-electron chi connectivity index (χ4n) is 1.29. The van der Waals surface area contributed by atoms with Crippen molar-refractivity contribution in [3.63, 3.8) is 0 Å². The molecule has 0 amide bonds. The molecule has 13 heavy (non-hydrogen) atoms. The van der Waals surface area contributed by atoms with Gasteiger partial charge in [-0.15, -0.1) is 0 Å². The average Bonchev–Trinajstić information content (AvgIpc) is 2.15. The van der Waals surface area contributed by atoms with Gasteiger partial charge in [0.1, 0.15) is 0 Å². The maximum atomic E-state index is 5.18. The van der Waals surface area contributed by atoms with Gasteiger partial charge >= 0.3 is 0 Å². The van der Waals surface area contributed by atoms with Crippen molar-refractivity contribution in [1.82, 2.24) is 0 Å². The van der Waals surface area contributed by atoms with Crippen LogP contribution in [-0.4, -0.2) is 20.5 Å². The molecule has 78 valence electrons. The Bertz CT molecular complexity index is 157. The van der Waals surface area contributed by atoms with Crippen LogP contribution < -0.4 is 0 Å². The summed E-state index contributed by atoms with van der Waals surface area (Å²) < 4.78 is 10.4. The Morgan fingerprint density at radius 1 is 1.15 bits per heavy atom. The molecule has 0 saturated heterocycles. The molecule has 2 nitrogen and oxygen atoms in total. The first kappa shape index (κ1) is 12.7. The number of ether oxygens (including phenoxy) is 2. The molecule has 0 spiro atoms. The second-order valence-corrected chi connectivity index (χ2v) is 3.37. The smallest absolute Gasteiger partial charge is 0.179 e. The van der Waals surface area contributed by atoms with Crippen LogP contribution >= 0.6 is 0 Å². The second-order valence-electron chi connectivity index (χ2n) is 3.37. The van der Waals surface area contributed by atoms with Crippen LogP contribution in [0, 0.1) is 0 Å². The molecule has 0 aliphatic carbocycles. The van der Waals surface area contributed by atoms with Crippen molar-refractivity contribution in [2.75, 3.05) is 14.2 Å². The van der Waals surface area contributed by atoms with E-state index in [2.05, 4.69) is 20.8 Å². The Hall–Kier alpha value is -0.340. The summed E-state index contributed by atoms with van der Waals surface area (Å²) in [5, 5.41) is 0. The highest BCUT2D eigenvalue weighted by Crippen LogP contribution is 2.16. The number of methoxy groups -OCH3 is 2. The van der Waals surface area contributed by atoms with Crippen molar-refractivity contribution in [2.45, 2.75) is 46.3 Å². The molecule has 2 heteroatoms. The first-order chi connectivity index (χ1) is 6.17. The number of unbranched alkanes of at least 4 members (excludes halogenated alkanes) is 1. The topological polar surface area (TPSA) is 18.5 Å². The van der Waals surface area contributed by atoms with Crippen LogP contribution in [0.4, 0.5) is 0 Å². The number of rotatable bonds is 6. The van der Waals surface area contributed by atoms with Crippen molar-refractivity contribution in [3.8, 4) is 0 Å². The molecular formula is C11H22O2. The fourth-order valence-corrected chi connectivity index (χ4v) is 1.29. The number of allylic oxidation sites excluding steroid dienone is 1. The highest BCUT2D eigenvalue weighted by atomic mass is 16.7. The van der Waals surface area contributed by atoms with Gasteiger partial charge in [-0.3, -0.25) is 0 Å². The highest BCUT2D eigenvalue weighted by molar-refractivity contribution is 5.12. The van der Waals surface area contributed by atoms with Crippen molar-refractivity contribution < 1.29 is 9.47 Å². The maximum Gasteiger partial charge on any atom is 0.179 e. The molecule has 0 saturated carbocycles. The van der Waals surface area contributed by atoms with Gasteiger partial charge in [-0.25, -0.2) is 0 Å². The Morgan fingerprint density at radius 3 is 2.08 bits per heavy atom. The lowest BCUT2D eigenvalue weighted by molar-refractivity contribution is -0.0754. The van der Waals surface area contributed by atoms with Gasteiger partial charge in [-0.2, -0.15) is 0 Å². The van der Waals surface area contributed by atoms with Crippen LogP contribution in [0.3, 0.4) is 0 Å². The molecule has 0 aliphatic heterocycles. The van der Waals surface area contributed by atoms with Crippen LogP contribution in [0.5, 0.6) is 0 Å². The maximum absolute atomic E-state index is 5.18. The molecule has 0 fully saturated rings. The molecule has 0 unspecified atom stereocenters. The first-order valence-electron chi connectivity index (χ1n) is 4.89. The van der Waals surface area contributed by atoms with E-state index in [1.807, 2.05) is 0 Å². The lowest BCUT2D eigenvalue weighted by Crippen LogP contribution is -2.15. The van der Waals surface area contributed by atoms with Gasteiger partial charge in [0.05, 0.1) is 0 Å². The molecule has 0 bridgehead atoms. The summed E-state index contributed by atoms with van der Waals surface area (Å²) in [6, 6.07) is 0. The molecule has 0 atom stereocenters. The monoisotopic (exact) mass is 186 g/mol. The lowest BCUT2D eigenvalue weighted by Gasteiger charge is -2.16. The van der Waals surface area contributed by atoms with E-state index in [0.717, 1.165) is 6.42 Å². The minimum atomic E-state index is -0.170. The third-order valence-corrected chi connectivity index (χ3v) is 2.36. The predicted molar refractivity (Wildman–Crippen MR) is 55.7 cm³/mol. The normalized spacial score (nSPS) is 13.4. The van der Waals surface area contributed by atoms with Crippen LogP contribution in [0.25, 0.3) is 0 Å². The van der Waals surface area contributed by atoms with Gasteiger partial charge < -0.3 is 9.47 Å². The van der Waals surface area contributed by atoms with E-state index in [4.69, 9.17) is 9.47 Å². The van der Waals surface area contributed by atoms with Crippen LogP contribution in [-0.2, 0) is 9.47 Å². The van der Waals surface area contributed by atoms with Crippen LogP contribution in [0.1, 0.15) is 40.0 Å². The Kier molecular flexibility index (Phi) is 6.92. The SMILES string of the molecule is CCCCC(C)=C(C)C(OC)OC. The molecule has 0 aromatic heterocycles. The van der Waals surface area contributed by atoms with Crippen molar-refractivity contribution in [1.29, 1.82) is 0 Å². The zero-order valence-electron chi connectivity index (χ0n) is 9.52. The number of hydrogen-bond acceptors (Lipinski definition) is 2. The van der Waals surface area contributed by atoms with E-state index in [1.54, 1.807) is 14.2 Å².